The second-order valence-electron chi connectivity index (χ2n) is 14.9. The highest BCUT2D eigenvalue weighted by Crippen LogP contribution is 2.49. The van der Waals surface area contributed by atoms with Gasteiger partial charge < -0.3 is 20.0 Å². The number of benzene rings is 2. The predicted octanol–water partition coefficient (Wildman–Crippen LogP) is 4.36. The van der Waals surface area contributed by atoms with Crippen LogP contribution >= 0.6 is 0 Å². The van der Waals surface area contributed by atoms with Crippen molar-refractivity contribution in [3.8, 4) is 6.07 Å². The molecular formula is C39H47N9O2. The maximum Gasteiger partial charge on any atom is 0.253 e. The van der Waals surface area contributed by atoms with E-state index < -0.39 is 5.41 Å². The largest absolute Gasteiger partial charge is 0.355 e. The lowest BCUT2D eigenvalue weighted by molar-refractivity contribution is 0.0717. The van der Waals surface area contributed by atoms with Crippen LogP contribution in [-0.2, 0) is 18.3 Å². The van der Waals surface area contributed by atoms with E-state index in [0.717, 1.165) is 105 Å². The van der Waals surface area contributed by atoms with Gasteiger partial charge in [0.05, 0.1) is 11.5 Å². The van der Waals surface area contributed by atoms with Gasteiger partial charge in [-0.25, -0.2) is 5.10 Å². The van der Waals surface area contributed by atoms with Crippen LogP contribution in [0.25, 0.3) is 0 Å². The Balaban J connectivity index is 1.15. The van der Waals surface area contributed by atoms with Gasteiger partial charge in [-0.1, -0.05) is 18.7 Å². The second kappa shape index (κ2) is 13.6. The molecule has 2 N–H and O–H groups in total. The molecule has 0 bridgehead atoms. The maximum absolute atomic E-state index is 13.7. The number of aryl methyl sites for hydroxylation is 2. The van der Waals surface area contributed by atoms with Crippen LogP contribution in [0, 0.1) is 17.2 Å². The van der Waals surface area contributed by atoms with Crippen LogP contribution in [0.15, 0.2) is 48.7 Å². The van der Waals surface area contributed by atoms with Crippen LogP contribution in [0.4, 0.5) is 0 Å². The van der Waals surface area contributed by atoms with Crippen LogP contribution in [0.2, 0.25) is 0 Å². The summed E-state index contributed by atoms with van der Waals surface area (Å²) >= 11 is 0. The van der Waals surface area contributed by atoms with Crippen molar-refractivity contribution in [3.63, 3.8) is 0 Å². The molecule has 2 amide bonds. The monoisotopic (exact) mass is 673 g/mol. The van der Waals surface area contributed by atoms with E-state index in [4.69, 9.17) is 0 Å². The van der Waals surface area contributed by atoms with Gasteiger partial charge in [0.2, 0.25) is 0 Å². The predicted molar refractivity (Wildman–Crippen MR) is 188 cm³/mol. The zero-order chi connectivity index (χ0) is 34.2. The summed E-state index contributed by atoms with van der Waals surface area (Å²) in [6.45, 7) is 8.79. The molecule has 50 heavy (non-hydrogen) atoms. The molecule has 3 aromatic rings. The van der Waals surface area contributed by atoms with E-state index in [1.54, 1.807) is 0 Å². The molecule has 1 aromatic heterocycles. The van der Waals surface area contributed by atoms with Gasteiger partial charge >= 0.3 is 0 Å². The number of hydrogen-bond donors (Lipinski definition) is 2. The SMILES string of the molecule is C=C(CNCCC1(c2nnn[nH]2)c2ccc(C(=O)N3CCCCC3)cc2CCc2cc(C(=O)N3CCCCC3)ccc21)N1C(C#N)C[C@@H]2C[C@@H]21. The number of rotatable bonds is 9. The molecule has 8 rings (SSSR count). The first-order valence-electron chi connectivity index (χ1n) is 18.6. The minimum absolute atomic E-state index is 0.0891. The molecule has 5 aliphatic rings. The third kappa shape index (κ3) is 5.87. The van der Waals surface area contributed by atoms with Crippen molar-refractivity contribution in [1.82, 2.24) is 40.6 Å². The van der Waals surface area contributed by atoms with Gasteiger partial charge in [0, 0.05) is 55.6 Å². The van der Waals surface area contributed by atoms with Gasteiger partial charge in [0.1, 0.15) is 6.04 Å². The number of fused-ring (bicyclic) bond motifs is 3. The maximum atomic E-state index is 13.7. The standard InChI is InChI=1S/C39H47N9O2/c1-26(48-32(24-40)22-31-23-35(31)48)25-41-15-14-39(38-42-44-45-43-38)33-12-10-29(36(49)46-16-4-2-5-17-46)20-27(33)8-9-28-21-30(11-13-34(28)39)37(50)47-18-6-3-7-19-47/h10-13,20-21,31-32,35,41H,1-9,14-19,22-23,25H2,(H,42,43,44,45)/t31-,32?,35+/m1/s1. The third-order valence-corrected chi connectivity index (χ3v) is 11.9. The zero-order valence-electron chi connectivity index (χ0n) is 28.9. The van der Waals surface area contributed by atoms with E-state index in [9.17, 15) is 14.9 Å². The van der Waals surface area contributed by atoms with Crippen molar-refractivity contribution in [3.05, 3.63) is 87.9 Å². The van der Waals surface area contributed by atoms with Gasteiger partial charge in [-0.3, -0.25) is 9.59 Å². The molecule has 0 radical (unpaired) electrons. The lowest BCUT2D eigenvalue weighted by Gasteiger charge is -2.35. The number of nitrogens with zero attached hydrogens (tertiary/aromatic N) is 7. The number of hydrogen-bond acceptors (Lipinski definition) is 8. The number of amides is 2. The van der Waals surface area contributed by atoms with Crippen LogP contribution in [-0.4, -0.2) is 98.5 Å². The highest BCUT2D eigenvalue weighted by molar-refractivity contribution is 5.95. The Hall–Kier alpha value is -4.56. The molecule has 1 unspecified atom stereocenters. The van der Waals surface area contributed by atoms with Gasteiger partial charge in [0.15, 0.2) is 5.82 Å². The number of tetrazole rings is 1. The highest BCUT2D eigenvalue weighted by atomic mass is 16.2. The highest BCUT2D eigenvalue weighted by Gasteiger charge is 2.52. The Morgan fingerprint density at radius 1 is 0.900 bits per heavy atom. The minimum atomic E-state index is -0.761. The molecule has 4 heterocycles. The smallest absolute Gasteiger partial charge is 0.253 e. The van der Waals surface area contributed by atoms with Crippen molar-refractivity contribution < 1.29 is 9.59 Å². The number of nitrogens with one attached hydrogen (secondary N) is 2. The van der Waals surface area contributed by atoms with Crippen LogP contribution in [0.3, 0.4) is 0 Å². The van der Waals surface area contributed by atoms with E-state index in [0.29, 0.717) is 48.4 Å². The molecular weight excluding hydrogens is 626 g/mol. The molecule has 11 heteroatoms. The number of nitriles is 1. The minimum Gasteiger partial charge on any atom is -0.355 e. The van der Waals surface area contributed by atoms with Crippen molar-refractivity contribution >= 4 is 11.8 Å². The van der Waals surface area contributed by atoms with E-state index >= 15 is 0 Å². The van der Waals surface area contributed by atoms with Crippen molar-refractivity contribution in [2.24, 2.45) is 5.92 Å². The number of aromatic amines is 1. The second-order valence-corrected chi connectivity index (χ2v) is 14.9. The van der Waals surface area contributed by atoms with Crippen LogP contribution < -0.4 is 5.32 Å². The molecule has 1 saturated carbocycles. The molecule has 3 aliphatic heterocycles. The average molecular weight is 674 g/mol. The number of aromatic nitrogens is 4. The zero-order valence-corrected chi connectivity index (χ0v) is 28.9. The third-order valence-electron chi connectivity index (χ3n) is 11.9. The Labute approximate surface area is 294 Å². The van der Waals surface area contributed by atoms with Gasteiger partial charge in [-0.15, -0.1) is 5.10 Å². The first-order chi connectivity index (χ1) is 24.5. The number of carbonyl (C=O) groups excluding carboxylic acids is 2. The summed E-state index contributed by atoms with van der Waals surface area (Å²) < 4.78 is 0. The Morgan fingerprint density at radius 3 is 2.04 bits per heavy atom. The van der Waals surface area contributed by atoms with E-state index in [-0.39, 0.29) is 17.9 Å². The van der Waals surface area contributed by atoms with E-state index in [2.05, 4.69) is 67.8 Å². The Kier molecular flexibility index (Phi) is 8.90. The van der Waals surface area contributed by atoms with E-state index in [1.165, 1.54) is 12.8 Å². The number of piperidine rings is 3. The summed E-state index contributed by atoms with van der Waals surface area (Å²) in [6.07, 6.45) is 10.7. The summed E-state index contributed by atoms with van der Waals surface area (Å²) in [5.41, 5.74) is 5.98. The summed E-state index contributed by atoms with van der Waals surface area (Å²) in [6, 6.07) is 15.2. The molecule has 4 fully saturated rings. The molecule has 11 nitrogen and oxygen atoms in total. The van der Waals surface area contributed by atoms with Crippen molar-refractivity contribution in [2.75, 3.05) is 39.3 Å². The fourth-order valence-electron chi connectivity index (χ4n) is 9.28. The number of H-pyrrole nitrogens is 1. The molecule has 2 aromatic carbocycles. The summed E-state index contributed by atoms with van der Waals surface area (Å²) in [5.74, 6) is 1.44. The van der Waals surface area contributed by atoms with Gasteiger partial charge in [-0.05, 0) is 140 Å². The number of likely N-dealkylation sites (tertiary alicyclic amines) is 3. The normalized spacial score (nSPS) is 23.7. The summed E-state index contributed by atoms with van der Waals surface area (Å²) in [7, 11) is 0. The Morgan fingerprint density at radius 2 is 1.50 bits per heavy atom. The molecule has 2 aliphatic carbocycles. The molecule has 0 spiro atoms. The fraction of sp³-hybridized carbons (Fsp3) is 0.538. The molecule has 260 valence electrons. The van der Waals surface area contributed by atoms with Crippen LogP contribution in [0.5, 0.6) is 0 Å². The van der Waals surface area contributed by atoms with Gasteiger partial charge in [0.25, 0.3) is 11.8 Å². The van der Waals surface area contributed by atoms with E-state index in [1.807, 2.05) is 21.9 Å². The van der Waals surface area contributed by atoms with Gasteiger partial charge in [-0.2, -0.15) is 5.26 Å². The summed E-state index contributed by atoms with van der Waals surface area (Å²) in [5, 5.41) is 29.2. The van der Waals surface area contributed by atoms with Crippen molar-refractivity contribution in [1.29, 1.82) is 5.26 Å². The number of carbonyl (C=O) groups is 2. The van der Waals surface area contributed by atoms with Crippen molar-refractivity contribution in [2.45, 2.75) is 88.1 Å². The van der Waals surface area contributed by atoms with Crippen LogP contribution in [0.1, 0.15) is 107 Å². The lowest BCUT2D eigenvalue weighted by Crippen LogP contribution is -2.39. The fourth-order valence-corrected chi connectivity index (χ4v) is 9.28. The molecule has 3 saturated heterocycles. The first kappa shape index (κ1) is 32.6. The molecule has 3 atom stereocenters. The lowest BCUT2D eigenvalue weighted by atomic mass is 9.69. The average Bonchev–Trinajstić information content (AvgIpc) is 3.54. The first-order valence-corrected chi connectivity index (χ1v) is 18.6. The Bertz CT molecular complexity index is 1720. The quantitative estimate of drug-likeness (QED) is 0.320. The summed E-state index contributed by atoms with van der Waals surface area (Å²) in [4.78, 5) is 33.6. The topological polar surface area (TPSA) is 134 Å².